The summed E-state index contributed by atoms with van der Waals surface area (Å²) in [5.74, 6) is 0.324. The van der Waals surface area contributed by atoms with Crippen molar-refractivity contribution >= 4 is 5.78 Å². The number of hydrogen-bond donors (Lipinski definition) is 0. The van der Waals surface area contributed by atoms with E-state index in [-0.39, 0.29) is 12.2 Å². The zero-order valence-electron chi connectivity index (χ0n) is 8.45. The first-order valence-electron chi connectivity index (χ1n) is 5.06. The Labute approximate surface area is 80.0 Å². The third-order valence-corrected chi connectivity index (χ3v) is 2.16. The second-order valence-corrected chi connectivity index (χ2v) is 3.65. The Hall–Kier alpha value is -0.630. The molecular formula is C11H18O2. The SMILES string of the molecule is CCC/C=C/[C@H]1CC(=O)C[C@@H](C)O1. The van der Waals surface area contributed by atoms with Gasteiger partial charge < -0.3 is 4.74 Å². The smallest absolute Gasteiger partial charge is 0.138 e. The summed E-state index contributed by atoms with van der Waals surface area (Å²) in [5, 5.41) is 0. The number of unbranched alkanes of at least 4 members (excludes halogenated alkanes) is 1. The molecule has 1 aliphatic rings. The van der Waals surface area contributed by atoms with E-state index in [1.807, 2.05) is 13.0 Å². The number of ether oxygens (including phenoxy) is 1. The van der Waals surface area contributed by atoms with E-state index in [0.29, 0.717) is 18.6 Å². The van der Waals surface area contributed by atoms with E-state index in [4.69, 9.17) is 4.74 Å². The third-order valence-electron chi connectivity index (χ3n) is 2.16. The van der Waals surface area contributed by atoms with Crippen molar-refractivity contribution in [1.82, 2.24) is 0 Å². The van der Waals surface area contributed by atoms with Crippen LogP contribution in [0.2, 0.25) is 0 Å². The summed E-state index contributed by atoms with van der Waals surface area (Å²) >= 11 is 0. The van der Waals surface area contributed by atoms with Crippen molar-refractivity contribution < 1.29 is 9.53 Å². The van der Waals surface area contributed by atoms with Crippen molar-refractivity contribution in [3.05, 3.63) is 12.2 Å². The molecule has 1 fully saturated rings. The summed E-state index contributed by atoms with van der Waals surface area (Å²) in [5.41, 5.74) is 0. The van der Waals surface area contributed by atoms with E-state index in [1.165, 1.54) is 0 Å². The Kier molecular flexibility index (Phi) is 4.16. The number of carbonyl (C=O) groups is 1. The van der Waals surface area contributed by atoms with Crippen LogP contribution in [-0.4, -0.2) is 18.0 Å². The normalized spacial score (nSPS) is 29.8. The van der Waals surface area contributed by atoms with Crippen LogP contribution in [0.5, 0.6) is 0 Å². The Morgan fingerprint density at radius 1 is 1.54 bits per heavy atom. The molecule has 0 aromatic carbocycles. The molecule has 0 aliphatic carbocycles. The molecule has 1 aliphatic heterocycles. The molecule has 0 radical (unpaired) electrons. The molecule has 0 aromatic heterocycles. The maximum Gasteiger partial charge on any atom is 0.138 e. The van der Waals surface area contributed by atoms with Gasteiger partial charge in [-0.3, -0.25) is 4.79 Å². The molecule has 2 nitrogen and oxygen atoms in total. The Morgan fingerprint density at radius 2 is 2.31 bits per heavy atom. The van der Waals surface area contributed by atoms with Crippen LogP contribution in [0.25, 0.3) is 0 Å². The molecule has 0 saturated carbocycles. The molecular weight excluding hydrogens is 164 g/mol. The third kappa shape index (κ3) is 3.73. The minimum absolute atomic E-state index is 0.0304. The fourth-order valence-electron chi connectivity index (χ4n) is 1.55. The van der Waals surface area contributed by atoms with Crippen molar-refractivity contribution in [2.75, 3.05) is 0 Å². The molecule has 74 valence electrons. The molecule has 0 N–H and O–H groups in total. The van der Waals surface area contributed by atoms with Crippen molar-refractivity contribution in [3.63, 3.8) is 0 Å². The molecule has 0 aromatic rings. The quantitative estimate of drug-likeness (QED) is 0.627. The van der Waals surface area contributed by atoms with Crippen molar-refractivity contribution in [2.24, 2.45) is 0 Å². The first-order chi connectivity index (χ1) is 6.22. The summed E-state index contributed by atoms with van der Waals surface area (Å²) in [4.78, 5) is 11.2. The van der Waals surface area contributed by atoms with Crippen LogP contribution >= 0.6 is 0 Å². The van der Waals surface area contributed by atoms with Gasteiger partial charge in [0.05, 0.1) is 12.2 Å². The van der Waals surface area contributed by atoms with Gasteiger partial charge in [-0.1, -0.05) is 25.5 Å². The average molecular weight is 182 g/mol. The summed E-state index contributed by atoms with van der Waals surface area (Å²) in [6.07, 6.45) is 7.62. The molecule has 1 heterocycles. The van der Waals surface area contributed by atoms with Gasteiger partial charge >= 0.3 is 0 Å². The zero-order chi connectivity index (χ0) is 9.68. The van der Waals surface area contributed by atoms with Crippen LogP contribution in [0, 0.1) is 0 Å². The predicted octanol–water partition coefficient (Wildman–Crippen LogP) is 2.48. The van der Waals surface area contributed by atoms with E-state index in [1.54, 1.807) is 0 Å². The second-order valence-electron chi connectivity index (χ2n) is 3.65. The highest BCUT2D eigenvalue weighted by atomic mass is 16.5. The van der Waals surface area contributed by atoms with Gasteiger partial charge in [0.15, 0.2) is 0 Å². The minimum Gasteiger partial charge on any atom is -0.370 e. The molecule has 13 heavy (non-hydrogen) atoms. The maximum absolute atomic E-state index is 11.2. The van der Waals surface area contributed by atoms with Gasteiger partial charge in [0.25, 0.3) is 0 Å². The van der Waals surface area contributed by atoms with Crippen molar-refractivity contribution in [3.8, 4) is 0 Å². The first kappa shape index (κ1) is 10.5. The van der Waals surface area contributed by atoms with Crippen LogP contribution in [0.15, 0.2) is 12.2 Å². The van der Waals surface area contributed by atoms with Crippen LogP contribution in [0.1, 0.15) is 39.5 Å². The predicted molar refractivity (Wildman–Crippen MR) is 52.6 cm³/mol. The lowest BCUT2D eigenvalue weighted by molar-refractivity contribution is -0.131. The Morgan fingerprint density at radius 3 is 2.92 bits per heavy atom. The number of carbonyl (C=O) groups excluding carboxylic acids is 1. The number of ketones is 1. The number of rotatable bonds is 3. The number of Topliss-reactive ketones (excluding diaryl/α,β-unsaturated/α-hetero) is 1. The van der Waals surface area contributed by atoms with Crippen LogP contribution in [0.4, 0.5) is 0 Å². The van der Waals surface area contributed by atoms with Gasteiger partial charge in [-0.05, 0) is 13.3 Å². The molecule has 2 atom stereocenters. The summed E-state index contributed by atoms with van der Waals surface area (Å²) in [7, 11) is 0. The first-order valence-corrected chi connectivity index (χ1v) is 5.06. The number of hydrogen-bond acceptors (Lipinski definition) is 2. The minimum atomic E-state index is 0.0304. The van der Waals surface area contributed by atoms with E-state index < -0.39 is 0 Å². The Balaban J connectivity index is 2.37. The lowest BCUT2D eigenvalue weighted by Crippen LogP contribution is -2.29. The molecule has 1 rings (SSSR count). The molecule has 0 spiro atoms. The van der Waals surface area contributed by atoms with Gasteiger partial charge in [0.1, 0.15) is 5.78 Å². The van der Waals surface area contributed by atoms with Crippen molar-refractivity contribution in [1.29, 1.82) is 0 Å². The van der Waals surface area contributed by atoms with Gasteiger partial charge in [0.2, 0.25) is 0 Å². The van der Waals surface area contributed by atoms with Crippen LogP contribution < -0.4 is 0 Å². The number of allylic oxidation sites excluding steroid dienone is 1. The van der Waals surface area contributed by atoms with Crippen LogP contribution in [0.3, 0.4) is 0 Å². The zero-order valence-corrected chi connectivity index (χ0v) is 8.45. The van der Waals surface area contributed by atoms with E-state index in [0.717, 1.165) is 12.8 Å². The van der Waals surface area contributed by atoms with E-state index in [2.05, 4.69) is 13.0 Å². The lowest BCUT2D eigenvalue weighted by Gasteiger charge is -2.24. The lowest BCUT2D eigenvalue weighted by atomic mass is 10.0. The topological polar surface area (TPSA) is 26.3 Å². The maximum atomic E-state index is 11.2. The monoisotopic (exact) mass is 182 g/mol. The van der Waals surface area contributed by atoms with Gasteiger partial charge in [0, 0.05) is 12.8 Å². The largest absolute Gasteiger partial charge is 0.370 e. The fourth-order valence-corrected chi connectivity index (χ4v) is 1.55. The summed E-state index contributed by atoms with van der Waals surface area (Å²) in [6, 6.07) is 0. The van der Waals surface area contributed by atoms with Crippen molar-refractivity contribution in [2.45, 2.75) is 51.7 Å². The highest BCUT2D eigenvalue weighted by Crippen LogP contribution is 2.16. The molecule has 1 saturated heterocycles. The molecule has 2 heteroatoms. The van der Waals surface area contributed by atoms with Crippen LogP contribution in [-0.2, 0) is 9.53 Å². The van der Waals surface area contributed by atoms with E-state index in [9.17, 15) is 4.79 Å². The summed E-state index contributed by atoms with van der Waals surface area (Å²) < 4.78 is 5.60. The Bertz CT molecular complexity index is 196. The highest BCUT2D eigenvalue weighted by molar-refractivity contribution is 5.80. The molecule has 0 amide bonds. The fraction of sp³-hybridized carbons (Fsp3) is 0.727. The molecule has 0 unspecified atom stereocenters. The summed E-state index contributed by atoms with van der Waals surface area (Å²) in [6.45, 7) is 4.09. The van der Waals surface area contributed by atoms with Gasteiger partial charge in [-0.15, -0.1) is 0 Å². The molecule has 0 bridgehead atoms. The highest BCUT2D eigenvalue weighted by Gasteiger charge is 2.22. The standard InChI is InChI=1S/C11H18O2/c1-3-4-5-6-11-8-10(12)7-9(2)13-11/h5-6,9,11H,3-4,7-8H2,1-2H3/b6-5+/t9-,11+/m1/s1. The second kappa shape index (κ2) is 5.18. The van der Waals surface area contributed by atoms with Gasteiger partial charge in [-0.2, -0.15) is 0 Å². The van der Waals surface area contributed by atoms with E-state index >= 15 is 0 Å². The average Bonchev–Trinajstić information content (AvgIpc) is 2.03. The van der Waals surface area contributed by atoms with Gasteiger partial charge in [-0.25, -0.2) is 0 Å².